The fourth-order valence-electron chi connectivity index (χ4n) is 1.01. The molecular weight excluding hydrogens is 309 g/mol. The highest BCUT2D eigenvalue weighted by molar-refractivity contribution is 14.1. The molecule has 0 spiro atoms. The Kier molecular flexibility index (Phi) is 3.47. The molecule has 0 aromatic carbocycles. The molecule has 2 nitrogen and oxygen atoms in total. The van der Waals surface area contributed by atoms with Crippen LogP contribution in [0.5, 0.6) is 0 Å². The van der Waals surface area contributed by atoms with Gasteiger partial charge in [-0.2, -0.15) is 0 Å². The third-order valence-corrected chi connectivity index (χ3v) is 3.92. The van der Waals surface area contributed by atoms with Gasteiger partial charge in [0.25, 0.3) is 0 Å². The third-order valence-electron chi connectivity index (χ3n) is 1.66. The Labute approximate surface area is 100 Å². The van der Waals surface area contributed by atoms with Crippen LogP contribution in [0.2, 0.25) is 0 Å². The second-order valence-corrected chi connectivity index (χ2v) is 4.78. The minimum Gasteiger partial charge on any atom is -0.468 e. The predicted octanol–water partition coefficient (Wildman–Crippen LogP) is 3.57. The van der Waals surface area contributed by atoms with Crippen molar-refractivity contribution >= 4 is 34.4 Å². The first kappa shape index (κ1) is 10.0. The van der Waals surface area contributed by atoms with E-state index in [1.54, 1.807) is 18.0 Å². The van der Waals surface area contributed by atoms with Gasteiger partial charge in [-0.05, 0) is 46.9 Å². The largest absolute Gasteiger partial charge is 0.468 e. The summed E-state index contributed by atoms with van der Waals surface area (Å²) in [7, 11) is 0. The average molecular weight is 317 g/mol. The molecule has 2 aromatic heterocycles. The van der Waals surface area contributed by atoms with E-state index in [0.717, 1.165) is 16.5 Å². The Morgan fingerprint density at radius 2 is 2.29 bits per heavy atom. The van der Waals surface area contributed by atoms with Crippen molar-refractivity contribution in [2.24, 2.45) is 0 Å². The van der Waals surface area contributed by atoms with Gasteiger partial charge in [0.15, 0.2) is 0 Å². The molecule has 0 fully saturated rings. The molecule has 0 unspecified atom stereocenters. The normalized spacial score (nSPS) is 10.4. The van der Waals surface area contributed by atoms with Crippen molar-refractivity contribution < 1.29 is 4.42 Å². The van der Waals surface area contributed by atoms with Crippen LogP contribution in [-0.4, -0.2) is 4.98 Å². The topological polar surface area (TPSA) is 26.0 Å². The summed E-state index contributed by atoms with van der Waals surface area (Å²) >= 11 is 3.98. The second kappa shape index (κ2) is 4.84. The molecule has 4 heteroatoms. The van der Waals surface area contributed by atoms with E-state index in [-0.39, 0.29) is 0 Å². The molecule has 0 aliphatic rings. The summed E-state index contributed by atoms with van der Waals surface area (Å²) in [6.07, 6.45) is 3.51. The summed E-state index contributed by atoms with van der Waals surface area (Å²) in [4.78, 5) is 4.29. The molecule has 0 saturated heterocycles. The van der Waals surface area contributed by atoms with Gasteiger partial charge in [-0.25, -0.2) is 4.98 Å². The zero-order chi connectivity index (χ0) is 9.80. The van der Waals surface area contributed by atoms with Gasteiger partial charge >= 0.3 is 0 Å². The van der Waals surface area contributed by atoms with E-state index in [1.165, 1.54) is 3.57 Å². The van der Waals surface area contributed by atoms with E-state index < -0.39 is 0 Å². The maximum Gasteiger partial charge on any atom is 0.114 e. The molecule has 0 atom stereocenters. The van der Waals surface area contributed by atoms with Crippen molar-refractivity contribution in [2.75, 3.05) is 0 Å². The van der Waals surface area contributed by atoms with E-state index in [1.807, 2.05) is 24.4 Å². The minimum atomic E-state index is 0.833. The molecule has 2 rings (SSSR count). The molecule has 0 aliphatic heterocycles. The van der Waals surface area contributed by atoms with Gasteiger partial charge in [0.1, 0.15) is 10.8 Å². The number of hydrogen-bond acceptors (Lipinski definition) is 3. The van der Waals surface area contributed by atoms with E-state index in [4.69, 9.17) is 4.42 Å². The van der Waals surface area contributed by atoms with Crippen molar-refractivity contribution in [3.63, 3.8) is 0 Å². The summed E-state index contributed by atoms with van der Waals surface area (Å²) in [5.74, 6) is 1.82. The van der Waals surface area contributed by atoms with Gasteiger partial charge in [0.05, 0.1) is 12.0 Å². The highest BCUT2D eigenvalue weighted by atomic mass is 127. The lowest BCUT2D eigenvalue weighted by Crippen LogP contribution is -1.84. The first-order chi connectivity index (χ1) is 6.86. The summed E-state index contributed by atoms with van der Waals surface area (Å²) in [6.45, 7) is 0. The van der Waals surface area contributed by atoms with E-state index in [0.29, 0.717) is 0 Å². The number of hydrogen-bond donors (Lipinski definition) is 0. The molecule has 0 bridgehead atoms. The SMILES string of the molecule is Ic1cccnc1SCc1ccco1. The van der Waals surface area contributed by atoms with Crippen LogP contribution in [0, 0.1) is 3.57 Å². The lowest BCUT2D eigenvalue weighted by atomic mass is 10.5. The van der Waals surface area contributed by atoms with Crippen LogP contribution in [0.1, 0.15) is 5.76 Å². The van der Waals surface area contributed by atoms with Gasteiger partial charge in [-0.15, -0.1) is 0 Å². The summed E-state index contributed by atoms with van der Waals surface area (Å²) in [5, 5.41) is 1.06. The van der Waals surface area contributed by atoms with Crippen molar-refractivity contribution in [3.05, 3.63) is 46.1 Å². The first-order valence-corrected chi connectivity index (χ1v) is 6.18. The second-order valence-electron chi connectivity index (χ2n) is 2.66. The zero-order valence-electron chi connectivity index (χ0n) is 7.31. The average Bonchev–Trinajstić information content (AvgIpc) is 2.69. The number of rotatable bonds is 3. The van der Waals surface area contributed by atoms with Crippen molar-refractivity contribution in [1.29, 1.82) is 0 Å². The highest BCUT2D eigenvalue weighted by Gasteiger charge is 2.02. The number of thioether (sulfide) groups is 1. The molecule has 2 aromatic rings. The molecule has 0 N–H and O–H groups in total. The monoisotopic (exact) mass is 317 g/mol. The van der Waals surface area contributed by atoms with Crippen LogP contribution in [0.4, 0.5) is 0 Å². The van der Waals surface area contributed by atoms with Crippen LogP contribution in [0.3, 0.4) is 0 Å². The molecule has 0 saturated carbocycles. The smallest absolute Gasteiger partial charge is 0.114 e. The number of halogens is 1. The van der Waals surface area contributed by atoms with Gasteiger partial charge in [0.2, 0.25) is 0 Å². The Balaban J connectivity index is 2.02. The molecular formula is C10H8INOS. The zero-order valence-corrected chi connectivity index (χ0v) is 10.3. The Morgan fingerprint density at radius 1 is 1.36 bits per heavy atom. The Morgan fingerprint density at radius 3 is 3.00 bits per heavy atom. The quantitative estimate of drug-likeness (QED) is 0.639. The van der Waals surface area contributed by atoms with E-state index in [2.05, 4.69) is 33.6 Å². The summed E-state index contributed by atoms with van der Waals surface area (Å²) in [6, 6.07) is 7.87. The number of furan rings is 1. The third kappa shape index (κ3) is 2.51. The number of aromatic nitrogens is 1. The molecule has 14 heavy (non-hydrogen) atoms. The van der Waals surface area contributed by atoms with Gasteiger partial charge in [0, 0.05) is 9.77 Å². The lowest BCUT2D eigenvalue weighted by Gasteiger charge is -2.00. The van der Waals surface area contributed by atoms with Crippen LogP contribution >= 0.6 is 34.4 Å². The summed E-state index contributed by atoms with van der Waals surface area (Å²) < 4.78 is 6.43. The fourth-order valence-corrected chi connectivity index (χ4v) is 2.61. The van der Waals surface area contributed by atoms with E-state index >= 15 is 0 Å². The van der Waals surface area contributed by atoms with Crippen LogP contribution in [0.15, 0.2) is 46.2 Å². The molecule has 2 heterocycles. The van der Waals surface area contributed by atoms with Crippen molar-refractivity contribution in [2.45, 2.75) is 10.8 Å². The van der Waals surface area contributed by atoms with Crippen molar-refractivity contribution in [3.8, 4) is 0 Å². The Hall–Kier alpha value is -0.490. The van der Waals surface area contributed by atoms with Gasteiger partial charge in [-0.3, -0.25) is 0 Å². The predicted molar refractivity (Wildman–Crippen MR) is 65.2 cm³/mol. The number of nitrogens with zero attached hydrogens (tertiary/aromatic N) is 1. The first-order valence-electron chi connectivity index (χ1n) is 4.12. The number of pyridine rings is 1. The fraction of sp³-hybridized carbons (Fsp3) is 0.100. The lowest BCUT2D eigenvalue weighted by molar-refractivity contribution is 0.530. The minimum absolute atomic E-state index is 0.833. The van der Waals surface area contributed by atoms with Crippen LogP contribution in [0.25, 0.3) is 0 Å². The molecule has 0 radical (unpaired) electrons. The standard InChI is InChI=1S/C10H8INOS/c11-9-4-1-5-12-10(9)14-7-8-3-2-6-13-8/h1-6H,7H2. The van der Waals surface area contributed by atoms with Gasteiger partial charge in [-0.1, -0.05) is 11.8 Å². The molecule has 0 aliphatic carbocycles. The summed E-state index contributed by atoms with van der Waals surface area (Å²) in [5.41, 5.74) is 0. The van der Waals surface area contributed by atoms with Crippen molar-refractivity contribution in [1.82, 2.24) is 4.98 Å². The van der Waals surface area contributed by atoms with Gasteiger partial charge < -0.3 is 4.42 Å². The van der Waals surface area contributed by atoms with Crippen LogP contribution in [-0.2, 0) is 5.75 Å². The molecule has 72 valence electrons. The highest BCUT2D eigenvalue weighted by Crippen LogP contribution is 2.24. The maximum absolute atomic E-state index is 5.24. The van der Waals surface area contributed by atoms with E-state index in [9.17, 15) is 0 Å². The maximum atomic E-state index is 5.24. The van der Waals surface area contributed by atoms with Crippen LogP contribution < -0.4 is 0 Å². The Bertz CT molecular complexity index is 402. The molecule has 0 amide bonds.